The zero-order chi connectivity index (χ0) is 26.8. The lowest BCUT2D eigenvalue weighted by Gasteiger charge is -2.32. The minimum Gasteiger partial charge on any atom is -0.460 e. The number of pyridine rings is 1. The first-order chi connectivity index (χ1) is 18.3. The molecule has 0 spiro atoms. The lowest BCUT2D eigenvalue weighted by Crippen LogP contribution is -2.51. The lowest BCUT2D eigenvalue weighted by atomic mass is 10.0. The second-order valence-electron chi connectivity index (χ2n) is 9.07. The quantitative estimate of drug-likeness (QED) is 0.314. The minimum atomic E-state index is -0.752. The number of halogens is 1. The zero-order valence-electron chi connectivity index (χ0n) is 20.9. The predicted octanol–water partition coefficient (Wildman–Crippen LogP) is 3.71. The molecule has 4 heterocycles. The summed E-state index contributed by atoms with van der Waals surface area (Å²) >= 11 is 6.06. The number of hydrogen-bond acceptors (Lipinski definition) is 7. The van der Waals surface area contributed by atoms with Gasteiger partial charge < -0.3 is 25.1 Å². The van der Waals surface area contributed by atoms with Gasteiger partial charge in [-0.05, 0) is 42.8 Å². The monoisotopic (exact) mass is 534 g/mol. The molecule has 5 rings (SSSR count). The molecule has 0 fully saturated rings. The number of aliphatic hydroxyl groups excluding tert-OH is 1. The lowest BCUT2D eigenvalue weighted by molar-refractivity contribution is -0.126. The Balaban J connectivity index is 1.30. The van der Waals surface area contributed by atoms with Gasteiger partial charge in [0.2, 0.25) is 5.91 Å². The summed E-state index contributed by atoms with van der Waals surface area (Å²) in [7, 11) is 1.83. The van der Waals surface area contributed by atoms with Gasteiger partial charge in [0.25, 0.3) is 5.91 Å². The van der Waals surface area contributed by atoms with Crippen LogP contribution in [-0.2, 0) is 18.3 Å². The van der Waals surface area contributed by atoms with Crippen molar-refractivity contribution < 1.29 is 19.1 Å². The van der Waals surface area contributed by atoms with Gasteiger partial charge in [0.15, 0.2) is 0 Å². The largest absolute Gasteiger partial charge is 0.460 e. The summed E-state index contributed by atoms with van der Waals surface area (Å²) in [6, 6.07) is 12.7. The topological polar surface area (TPSA) is 126 Å². The highest BCUT2D eigenvalue weighted by Gasteiger charge is 2.34. The Morgan fingerprint density at radius 3 is 2.79 bits per heavy atom. The van der Waals surface area contributed by atoms with Crippen molar-refractivity contribution in [3.8, 4) is 11.3 Å². The van der Waals surface area contributed by atoms with Gasteiger partial charge in [-0.25, -0.2) is 4.98 Å². The molecule has 1 aromatic carbocycles. The number of aromatic nitrogens is 3. The third-order valence-corrected chi connectivity index (χ3v) is 6.83. The van der Waals surface area contributed by atoms with Crippen LogP contribution in [0.2, 0.25) is 5.02 Å². The number of fused-ring (bicyclic) bond motifs is 1. The third-order valence-electron chi connectivity index (χ3n) is 6.60. The molecule has 0 bridgehead atoms. The average molecular weight is 535 g/mol. The van der Waals surface area contributed by atoms with Gasteiger partial charge in [-0.3, -0.25) is 14.3 Å². The maximum atomic E-state index is 13.4. The van der Waals surface area contributed by atoms with Crippen LogP contribution in [0.4, 0.5) is 11.6 Å². The van der Waals surface area contributed by atoms with E-state index < -0.39 is 12.1 Å². The predicted molar refractivity (Wildman–Crippen MR) is 142 cm³/mol. The number of hydrogen-bond donors (Lipinski definition) is 3. The van der Waals surface area contributed by atoms with E-state index in [1.165, 1.54) is 4.90 Å². The molecular formula is C27H27ClN6O4. The Morgan fingerprint density at radius 2 is 2.05 bits per heavy atom. The highest BCUT2D eigenvalue weighted by Crippen LogP contribution is 2.31. The smallest absolute Gasteiger partial charge is 0.258 e. The Hall–Kier alpha value is -4.15. The maximum Gasteiger partial charge on any atom is 0.258 e. The third kappa shape index (κ3) is 5.13. The van der Waals surface area contributed by atoms with E-state index in [1.807, 2.05) is 25.2 Å². The van der Waals surface area contributed by atoms with Crippen molar-refractivity contribution in [1.82, 2.24) is 25.0 Å². The van der Waals surface area contributed by atoms with Crippen molar-refractivity contribution in [2.45, 2.75) is 25.4 Å². The molecule has 1 aliphatic rings. The van der Waals surface area contributed by atoms with Crippen LogP contribution in [0.25, 0.3) is 11.3 Å². The fourth-order valence-corrected chi connectivity index (χ4v) is 4.66. The highest BCUT2D eigenvalue weighted by molar-refractivity contribution is 6.30. The normalized spacial score (nSPS) is 14.6. The summed E-state index contributed by atoms with van der Waals surface area (Å²) in [6.45, 7) is 1.70. The molecule has 0 unspecified atom stereocenters. The van der Waals surface area contributed by atoms with E-state index in [9.17, 15) is 14.7 Å². The maximum absolute atomic E-state index is 13.4. The van der Waals surface area contributed by atoms with Gasteiger partial charge >= 0.3 is 0 Å². The second kappa shape index (κ2) is 10.7. The number of aryl methyl sites for hydroxylation is 1. The van der Waals surface area contributed by atoms with Crippen molar-refractivity contribution in [1.29, 1.82) is 0 Å². The van der Waals surface area contributed by atoms with E-state index in [1.54, 1.807) is 54.3 Å². The summed E-state index contributed by atoms with van der Waals surface area (Å²) in [6.07, 6.45) is 3.82. The first-order valence-corrected chi connectivity index (χ1v) is 12.5. The molecule has 0 saturated heterocycles. The van der Waals surface area contributed by atoms with Crippen LogP contribution in [0.3, 0.4) is 0 Å². The van der Waals surface area contributed by atoms with E-state index in [4.69, 9.17) is 16.0 Å². The first kappa shape index (κ1) is 25.5. The number of aliphatic hydroxyl groups is 1. The van der Waals surface area contributed by atoms with Crippen molar-refractivity contribution in [3.63, 3.8) is 0 Å². The molecule has 0 radical (unpaired) electrons. The van der Waals surface area contributed by atoms with Crippen LogP contribution in [0, 0.1) is 0 Å². The SMILES string of the molecule is C[C@@H](C(=O)N[C@H](CO)c1cccc(Cl)c1)N1CCc2oc(-c3ccnc(Nc4ccnn4C)c3)cc2C1=O. The number of anilines is 2. The number of carbonyl (C=O) groups excluding carboxylic acids is 2. The van der Waals surface area contributed by atoms with E-state index in [0.717, 1.165) is 11.4 Å². The van der Waals surface area contributed by atoms with Crippen LogP contribution in [0.5, 0.6) is 0 Å². The van der Waals surface area contributed by atoms with Gasteiger partial charge in [-0.15, -0.1) is 0 Å². The molecule has 3 N–H and O–H groups in total. The first-order valence-electron chi connectivity index (χ1n) is 12.2. The molecule has 10 nitrogen and oxygen atoms in total. The van der Waals surface area contributed by atoms with Crippen LogP contribution < -0.4 is 10.6 Å². The molecule has 2 amide bonds. The second-order valence-corrected chi connectivity index (χ2v) is 9.50. The summed E-state index contributed by atoms with van der Waals surface area (Å²) in [5.41, 5.74) is 1.87. The van der Waals surface area contributed by atoms with E-state index in [2.05, 4.69) is 20.7 Å². The summed E-state index contributed by atoms with van der Waals surface area (Å²) in [4.78, 5) is 32.3. The zero-order valence-corrected chi connectivity index (χ0v) is 21.6. The Kier molecular flexibility index (Phi) is 7.17. The van der Waals surface area contributed by atoms with Gasteiger partial charge in [0.05, 0.1) is 24.4 Å². The molecule has 196 valence electrons. The molecule has 38 heavy (non-hydrogen) atoms. The van der Waals surface area contributed by atoms with E-state index >= 15 is 0 Å². The van der Waals surface area contributed by atoms with Gasteiger partial charge in [-0.1, -0.05) is 23.7 Å². The fraction of sp³-hybridized carbons (Fsp3) is 0.259. The van der Waals surface area contributed by atoms with Crippen molar-refractivity contribution in [2.75, 3.05) is 18.5 Å². The number of amides is 2. The molecule has 2 atom stereocenters. The molecular weight excluding hydrogens is 508 g/mol. The van der Waals surface area contributed by atoms with E-state index in [-0.39, 0.29) is 18.4 Å². The Labute approximate surface area is 224 Å². The van der Waals surface area contributed by atoms with Crippen molar-refractivity contribution in [3.05, 3.63) is 82.8 Å². The summed E-state index contributed by atoms with van der Waals surface area (Å²) in [5.74, 6) is 1.86. The number of rotatable bonds is 8. The molecule has 4 aromatic rings. The van der Waals surface area contributed by atoms with Crippen molar-refractivity contribution in [2.24, 2.45) is 7.05 Å². The number of furan rings is 1. The van der Waals surface area contributed by atoms with Crippen LogP contribution in [0.15, 0.2) is 65.3 Å². The Bertz CT molecular complexity index is 1480. The van der Waals surface area contributed by atoms with Crippen LogP contribution >= 0.6 is 11.6 Å². The number of carbonyl (C=O) groups is 2. The standard InChI is InChI=1S/C27H27ClN6O4/c1-16(26(36)31-21(15-35)17-4-3-5-19(28)12-17)34-11-8-22-20(27(34)37)14-23(38-22)18-6-9-29-24(13-18)32-25-7-10-30-33(25)2/h3-7,9-10,12-14,16,21,35H,8,11,15H2,1-2H3,(H,29,32)(H,31,36)/t16-,21+/m0/s1. The molecule has 3 aromatic heterocycles. The number of benzene rings is 1. The minimum absolute atomic E-state index is 0.283. The number of nitrogens with zero attached hydrogens (tertiary/aromatic N) is 4. The Morgan fingerprint density at radius 1 is 1.21 bits per heavy atom. The number of nitrogens with one attached hydrogen (secondary N) is 2. The fourth-order valence-electron chi connectivity index (χ4n) is 4.46. The van der Waals surface area contributed by atoms with Crippen LogP contribution in [-0.4, -0.2) is 55.8 Å². The van der Waals surface area contributed by atoms with Gasteiger partial charge in [-0.2, -0.15) is 5.10 Å². The molecule has 0 aliphatic carbocycles. The summed E-state index contributed by atoms with van der Waals surface area (Å²) in [5, 5.41) is 20.5. The van der Waals surface area contributed by atoms with E-state index in [0.29, 0.717) is 46.5 Å². The van der Waals surface area contributed by atoms with Crippen LogP contribution in [0.1, 0.15) is 34.6 Å². The van der Waals surface area contributed by atoms with Crippen molar-refractivity contribution >= 4 is 35.1 Å². The molecule has 0 saturated carbocycles. The molecule has 1 aliphatic heterocycles. The van der Waals surface area contributed by atoms with Gasteiger partial charge in [0, 0.05) is 42.9 Å². The summed E-state index contributed by atoms with van der Waals surface area (Å²) < 4.78 is 7.75. The van der Waals surface area contributed by atoms with Gasteiger partial charge in [0.1, 0.15) is 29.2 Å². The molecule has 11 heteroatoms. The highest BCUT2D eigenvalue weighted by atomic mass is 35.5. The average Bonchev–Trinajstić information content (AvgIpc) is 3.54.